The average molecular weight is 513 g/mol. The number of ether oxygens (including phenoxy) is 1. The van der Waals surface area contributed by atoms with Crippen LogP contribution in [0.2, 0.25) is 0 Å². The first-order valence-corrected chi connectivity index (χ1v) is 11.6. The Morgan fingerprint density at radius 3 is 2.16 bits per heavy atom. The first-order chi connectivity index (χ1) is 17.6. The van der Waals surface area contributed by atoms with E-state index < -0.39 is 36.6 Å². The van der Waals surface area contributed by atoms with E-state index in [9.17, 15) is 32.8 Å². The molecule has 3 rings (SSSR count). The van der Waals surface area contributed by atoms with Crippen molar-refractivity contribution in [1.29, 1.82) is 0 Å². The fourth-order valence-corrected chi connectivity index (χ4v) is 3.93. The highest BCUT2D eigenvalue weighted by Gasteiger charge is 2.33. The molecule has 0 saturated heterocycles. The molecule has 2 unspecified atom stereocenters. The van der Waals surface area contributed by atoms with E-state index in [1.54, 1.807) is 48.5 Å². The Kier molecular flexibility index (Phi) is 9.49. The van der Waals surface area contributed by atoms with Crippen molar-refractivity contribution in [3.05, 3.63) is 101 Å². The summed E-state index contributed by atoms with van der Waals surface area (Å²) >= 11 is 0. The van der Waals surface area contributed by atoms with Gasteiger partial charge in [0.1, 0.15) is 5.75 Å². The topological polar surface area (TPSA) is 95.9 Å². The van der Waals surface area contributed by atoms with Crippen LogP contribution in [0.5, 0.6) is 5.75 Å². The molecule has 0 radical (unpaired) electrons. The molecule has 0 aliphatic rings. The van der Waals surface area contributed by atoms with E-state index in [1.165, 1.54) is 19.2 Å². The molecule has 37 heavy (non-hydrogen) atoms. The van der Waals surface area contributed by atoms with Crippen molar-refractivity contribution in [2.75, 3.05) is 7.11 Å². The van der Waals surface area contributed by atoms with Crippen LogP contribution in [0, 0.1) is 5.92 Å². The van der Waals surface area contributed by atoms with Crippen LogP contribution in [-0.4, -0.2) is 41.9 Å². The number of amides is 1. The Labute approximate surface area is 213 Å². The van der Waals surface area contributed by atoms with E-state index in [-0.39, 0.29) is 30.6 Å². The molecule has 2 atom stereocenters. The third-order valence-corrected chi connectivity index (χ3v) is 5.94. The minimum absolute atomic E-state index is 0.162. The number of halogens is 3. The minimum Gasteiger partial charge on any atom is -0.497 e. The lowest BCUT2D eigenvalue weighted by molar-refractivity contribution is -0.137. The average Bonchev–Trinajstić information content (AvgIpc) is 2.88. The van der Waals surface area contributed by atoms with Gasteiger partial charge in [-0.1, -0.05) is 48.5 Å². The largest absolute Gasteiger partial charge is 0.497 e. The number of benzene rings is 3. The third kappa shape index (κ3) is 8.19. The molecule has 0 heterocycles. The quantitative estimate of drug-likeness (QED) is 0.267. The van der Waals surface area contributed by atoms with Crippen molar-refractivity contribution in [2.24, 2.45) is 5.92 Å². The molecule has 0 saturated carbocycles. The predicted octanol–water partition coefficient (Wildman–Crippen LogP) is 3.89. The van der Waals surface area contributed by atoms with Gasteiger partial charge >= 0.3 is 13.3 Å². The molecular weight excluding hydrogens is 486 g/mol. The van der Waals surface area contributed by atoms with Gasteiger partial charge in [-0.3, -0.25) is 9.59 Å². The second-order valence-corrected chi connectivity index (χ2v) is 8.67. The predicted molar refractivity (Wildman–Crippen MR) is 133 cm³/mol. The normalized spacial score (nSPS) is 12.9. The molecule has 194 valence electrons. The van der Waals surface area contributed by atoms with E-state index in [0.717, 1.165) is 17.7 Å². The number of Topliss-reactive ketones (excluding diaryl/α,β-unsaturated/α-hetero) is 1. The molecule has 10 heteroatoms. The van der Waals surface area contributed by atoms with Crippen molar-refractivity contribution >= 4 is 18.8 Å². The van der Waals surface area contributed by atoms with E-state index in [4.69, 9.17) is 4.74 Å². The first-order valence-electron chi connectivity index (χ1n) is 11.6. The van der Waals surface area contributed by atoms with Crippen molar-refractivity contribution in [3.63, 3.8) is 0 Å². The maximum Gasteiger partial charge on any atom is 0.475 e. The van der Waals surface area contributed by atoms with Gasteiger partial charge in [0, 0.05) is 17.9 Å². The fraction of sp³-hybridized carbons (Fsp3) is 0.259. The molecular formula is C27H27BF3NO5. The summed E-state index contributed by atoms with van der Waals surface area (Å²) in [6, 6.07) is 19.9. The summed E-state index contributed by atoms with van der Waals surface area (Å²) in [5, 5.41) is 22.3. The number of carbonyl (C=O) groups is 2. The smallest absolute Gasteiger partial charge is 0.475 e. The van der Waals surface area contributed by atoms with Gasteiger partial charge in [0.15, 0.2) is 5.78 Å². The molecule has 3 aromatic carbocycles. The van der Waals surface area contributed by atoms with E-state index in [1.807, 2.05) is 6.07 Å². The van der Waals surface area contributed by atoms with Gasteiger partial charge < -0.3 is 20.1 Å². The number of carbonyl (C=O) groups excluding carboxylic acids is 2. The van der Waals surface area contributed by atoms with Gasteiger partial charge in [-0.2, -0.15) is 13.2 Å². The monoisotopic (exact) mass is 513 g/mol. The number of rotatable bonds is 11. The molecule has 0 aliphatic carbocycles. The molecule has 6 nitrogen and oxygen atoms in total. The van der Waals surface area contributed by atoms with Crippen LogP contribution in [0.1, 0.15) is 33.5 Å². The molecule has 0 aromatic heterocycles. The zero-order chi connectivity index (χ0) is 27.0. The van der Waals surface area contributed by atoms with Crippen molar-refractivity contribution in [1.82, 2.24) is 5.32 Å². The summed E-state index contributed by atoms with van der Waals surface area (Å²) < 4.78 is 44.4. The summed E-state index contributed by atoms with van der Waals surface area (Å²) in [5.74, 6) is -2.48. The highest BCUT2D eigenvalue weighted by atomic mass is 19.4. The number of methoxy groups -OCH3 is 1. The Morgan fingerprint density at radius 1 is 0.919 bits per heavy atom. The van der Waals surface area contributed by atoms with Gasteiger partial charge in [-0.15, -0.1) is 0 Å². The second-order valence-electron chi connectivity index (χ2n) is 8.67. The second kappa shape index (κ2) is 12.6. The van der Waals surface area contributed by atoms with Crippen LogP contribution in [0.15, 0.2) is 78.9 Å². The minimum atomic E-state index is -4.56. The SMILES string of the molecule is COc1ccc(C(=O)CC(Cc2ccccc2)C(=O)NC(Cc2cccc(C(F)(F)F)c2)B(O)O)cc1. The lowest BCUT2D eigenvalue weighted by Gasteiger charge is -2.23. The standard InChI is InChI=1S/C27H27BF3NO5/c1-37-23-12-10-20(11-13-23)24(33)17-21(14-18-6-3-2-4-7-18)26(34)32-25(28(35)36)16-19-8-5-9-22(15-19)27(29,30)31/h2-13,15,21,25,35-36H,14,16-17H2,1H3,(H,32,34). The van der Waals surface area contributed by atoms with Crippen LogP contribution in [-0.2, 0) is 23.8 Å². The van der Waals surface area contributed by atoms with Crippen LogP contribution < -0.4 is 10.1 Å². The first kappa shape index (κ1) is 28.0. The number of hydrogen-bond donors (Lipinski definition) is 3. The number of alkyl halides is 3. The number of nitrogens with one attached hydrogen (secondary N) is 1. The van der Waals surface area contributed by atoms with Crippen LogP contribution in [0.25, 0.3) is 0 Å². The maximum absolute atomic E-state index is 13.3. The molecule has 0 spiro atoms. The van der Waals surface area contributed by atoms with E-state index in [2.05, 4.69) is 5.32 Å². The van der Waals surface area contributed by atoms with Crippen molar-refractivity contribution in [3.8, 4) is 5.75 Å². The highest BCUT2D eigenvalue weighted by molar-refractivity contribution is 6.43. The van der Waals surface area contributed by atoms with Gasteiger partial charge in [-0.25, -0.2) is 0 Å². The van der Waals surface area contributed by atoms with Crippen molar-refractivity contribution < 1.29 is 37.5 Å². The Balaban J connectivity index is 1.79. The summed E-state index contributed by atoms with van der Waals surface area (Å²) in [6.07, 6.45) is -4.77. The molecule has 0 aliphatic heterocycles. The van der Waals surface area contributed by atoms with Gasteiger partial charge in [0.2, 0.25) is 5.91 Å². The summed E-state index contributed by atoms with van der Waals surface area (Å²) in [4.78, 5) is 26.2. The zero-order valence-corrected chi connectivity index (χ0v) is 20.1. The van der Waals surface area contributed by atoms with E-state index in [0.29, 0.717) is 11.3 Å². The van der Waals surface area contributed by atoms with Gasteiger partial charge in [0.25, 0.3) is 0 Å². The summed E-state index contributed by atoms with van der Waals surface area (Å²) in [6.45, 7) is 0. The summed E-state index contributed by atoms with van der Waals surface area (Å²) in [7, 11) is -0.532. The molecule has 3 aromatic rings. The highest BCUT2D eigenvalue weighted by Crippen LogP contribution is 2.30. The Hall–Kier alpha value is -3.63. The van der Waals surface area contributed by atoms with Crippen LogP contribution in [0.4, 0.5) is 13.2 Å². The number of hydrogen-bond acceptors (Lipinski definition) is 5. The Bertz CT molecular complexity index is 1190. The summed E-state index contributed by atoms with van der Waals surface area (Å²) in [5.41, 5.74) is 0.468. The number of ketones is 1. The van der Waals surface area contributed by atoms with Crippen LogP contribution in [0.3, 0.4) is 0 Å². The molecule has 1 amide bonds. The van der Waals surface area contributed by atoms with Gasteiger partial charge in [0.05, 0.1) is 18.6 Å². The van der Waals surface area contributed by atoms with Gasteiger partial charge in [-0.05, 0) is 54.3 Å². The molecule has 0 fully saturated rings. The zero-order valence-electron chi connectivity index (χ0n) is 20.1. The maximum atomic E-state index is 13.3. The molecule has 0 bridgehead atoms. The Morgan fingerprint density at radius 2 is 1.57 bits per heavy atom. The van der Waals surface area contributed by atoms with Crippen molar-refractivity contribution in [2.45, 2.75) is 31.4 Å². The van der Waals surface area contributed by atoms with Crippen LogP contribution >= 0.6 is 0 Å². The lowest BCUT2D eigenvalue weighted by atomic mass is 9.75. The lowest BCUT2D eigenvalue weighted by Crippen LogP contribution is -2.50. The third-order valence-electron chi connectivity index (χ3n) is 5.94. The fourth-order valence-electron chi connectivity index (χ4n) is 3.93. The van der Waals surface area contributed by atoms with E-state index >= 15 is 0 Å². The molecule has 3 N–H and O–H groups in total.